The number of carbonyl (C=O) groups excluding carboxylic acids is 1. The monoisotopic (exact) mass is 274 g/mol. The van der Waals surface area contributed by atoms with Crippen LogP contribution in [-0.2, 0) is 9.53 Å². The highest BCUT2D eigenvalue weighted by Gasteiger charge is 2.39. The molecule has 1 aromatic rings. The molecule has 20 heavy (non-hydrogen) atoms. The molecule has 4 nitrogen and oxygen atoms in total. The molecule has 2 atom stereocenters. The third kappa shape index (κ3) is 2.40. The molecule has 0 spiro atoms. The quantitative estimate of drug-likeness (QED) is 0.791. The molecule has 2 aliphatic rings. The average molecular weight is 274 g/mol. The van der Waals surface area contributed by atoms with Crippen molar-refractivity contribution in [1.29, 1.82) is 0 Å². The average Bonchev–Trinajstić information content (AvgIpc) is 3.06. The lowest BCUT2D eigenvalue weighted by Crippen LogP contribution is -2.38. The number of ether oxygens (including phenoxy) is 1. The van der Waals surface area contributed by atoms with Gasteiger partial charge >= 0.3 is 5.97 Å². The number of hydrogen-bond donors (Lipinski definition) is 0. The van der Waals surface area contributed by atoms with Crippen LogP contribution < -0.4 is 4.90 Å². The summed E-state index contributed by atoms with van der Waals surface area (Å²) < 4.78 is 5.14. The number of hydrogen-bond acceptors (Lipinski definition) is 4. The van der Waals surface area contributed by atoms with E-state index in [1.807, 2.05) is 0 Å². The standard InChI is InChI=1S/C16H22N2O2/c1-17(2)13-6-3-5-12(11-13)14-7-4-9-18(14)15-8-10-20-16(15)19/h3,5-6,11,14-15H,4,7-10H2,1-2H3/t14-,15-/m1/s1. The molecule has 1 aromatic carbocycles. The van der Waals surface area contributed by atoms with Crippen molar-refractivity contribution in [2.45, 2.75) is 31.3 Å². The Morgan fingerprint density at radius 1 is 1.25 bits per heavy atom. The van der Waals surface area contributed by atoms with Gasteiger partial charge in [-0.1, -0.05) is 12.1 Å². The zero-order chi connectivity index (χ0) is 14.1. The van der Waals surface area contributed by atoms with Crippen LogP contribution in [0.15, 0.2) is 24.3 Å². The van der Waals surface area contributed by atoms with E-state index in [0.29, 0.717) is 12.6 Å². The maximum atomic E-state index is 11.8. The van der Waals surface area contributed by atoms with E-state index in [9.17, 15) is 4.79 Å². The second-order valence-electron chi connectivity index (χ2n) is 5.86. The second-order valence-corrected chi connectivity index (χ2v) is 5.86. The normalized spacial score (nSPS) is 26.8. The van der Waals surface area contributed by atoms with E-state index in [2.05, 4.69) is 48.2 Å². The van der Waals surface area contributed by atoms with Gasteiger partial charge in [-0.15, -0.1) is 0 Å². The van der Waals surface area contributed by atoms with Crippen molar-refractivity contribution in [3.63, 3.8) is 0 Å². The van der Waals surface area contributed by atoms with Crippen LogP contribution in [0.4, 0.5) is 5.69 Å². The number of anilines is 1. The number of esters is 1. The Bertz CT molecular complexity index is 501. The Morgan fingerprint density at radius 2 is 2.10 bits per heavy atom. The highest BCUT2D eigenvalue weighted by Crippen LogP contribution is 2.36. The summed E-state index contributed by atoms with van der Waals surface area (Å²) >= 11 is 0. The summed E-state index contributed by atoms with van der Waals surface area (Å²) in [5, 5.41) is 0. The molecular formula is C16H22N2O2. The van der Waals surface area contributed by atoms with Crippen LogP contribution in [0.1, 0.15) is 30.9 Å². The minimum absolute atomic E-state index is 0.0366. The predicted octanol–water partition coefficient (Wildman–Crippen LogP) is 2.21. The second kappa shape index (κ2) is 5.44. The third-order valence-corrected chi connectivity index (χ3v) is 4.37. The molecule has 2 aliphatic heterocycles. The lowest BCUT2D eigenvalue weighted by molar-refractivity contribution is -0.142. The number of benzene rings is 1. The molecular weight excluding hydrogens is 252 g/mol. The summed E-state index contributed by atoms with van der Waals surface area (Å²) in [6, 6.07) is 8.95. The summed E-state index contributed by atoms with van der Waals surface area (Å²) in [5.74, 6) is -0.0411. The van der Waals surface area contributed by atoms with Gasteiger partial charge in [-0.05, 0) is 37.1 Å². The van der Waals surface area contributed by atoms with Gasteiger partial charge < -0.3 is 9.64 Å². The van der Waals surface area contributed by atoms with Crippen LogP contribution >= 0.6 is 0 Å². The molecule has 0 radical (unpaired) electrons. The first-order valence-corrected chi connectivity index (χ1v) is 7.36. The van der Waals surface area contributed by atoms with Crippen molar-refractivity contribution in [2.24, 2.45) is 0 Å². The van der Waals surface area contributed by atoms with Crippen LogP contribution in [-0.4, -0.2) is 44.2 Å². The molecule has 2 saturated heterocycles. The smallest absolute Gasteiger partial charge is 0.323 e. The zero-order valence-electron chi connectivity index (χ0n) is 12.2. The van der Waals surface area contributed by atoms with Crippen molar-refractivity contribution in [2.75, 3.05) is 32.1 Å². The molecule has 0 N–H and O–H groups in total. The molecule has 0 saturated carbocycles. The fourth-order valence-electron chi connectivity index (χ4n) is 3.32. The van der Waals surface area contributed by atoms with E-state index in [0.717, 1.165) is 25.8 Å². The van der Waals surface area contributed by atoms with E-state index in [1.165, 1.54) is 11.3 Å². The molecule has 4 heteroatoms. The number of carbonyl (C=O) groups is 1. The van der Waals surface area contributed by atoms with E-state index >= 15 is 0 Å². The van der Waals surface area contributed by atoms with Gasteiger partial charge in [0, 0.05) is 32.2 Å². The Hall–Kier alpha value is -1.55. The molecule has 3 rings (SSSR count). The van der Waals surface area contributed by atoms with Crippen LogP contribution in [0.2, 0.25) is 0 Å². The molecule has 0 bridgehead atoms. The maximum absolute atomic E-state index is 11.8. The van der Waals surface area contributed by atoms with Gasteiger partial charge in [0.05, 0.1) is 6.61 Å². The maximum Gasteiger partial charge on any atom is 0.323 e. The molecule has 108 valence electrons. The minimum Gasteiger partial charge on any atom is -0.464 e. The third-order valence-electron chi connectivity index (χ3n) is 4.37. The van der Waals surface area contributed by atoms with Crippen molar-refractivity contribution in [3.8, 4) is 0 Å². The van der Waals surface area contributed by atoms with E-state index in [-0.39, 0.29) is 12.0 Å². The Balaban J connectivity index is 1.84. The summed E-state index contributed by atoms with van der Waals surface area (Å²) in [4.78, 5) is 16.3. The molecule has 0 amide bonds. The van der Waals surface area contributed by atoms with E-state index < -0.39 is 0 Å². The molecule has 2 fully saturated rings. The van der Waals surface area contributed by atoms with Gasteiger partial charge in [0.1, 0.15) is 6.04 Å². The lowest BCUT2D eigenvalue weighted by Gasteiger charge is -2.28. The van der Waals surface area contributed by atoms with Gasteiger partial charge in [-0.2, -0.15) is 0 Å². The first-order chi connectivity index (χ1) is 9.66. The zero-order valence-corrected chi connectivity index (χ0v) is 12.2. The van der Waals surface area contributed by atoms with Gasteiger partial charge in [0.25, 0.3) is 0 Å². The predicted molar refractivity (Wildman–Crippen MR) is 78.8 cm³/mol. The van der Waals surface area contributed by atoms with E-state index in [4.69, 9.17) is 4.74 Å². The minimum atomic E-state index is -0.0411. The lowest BCUT2D eigenvalue weighted by atomic mass is 10.0. The van der Waals surface area contributed by atoms with E-state index in [1.54, 1.807) is 0 Å². The Morgan fingerprint density at radius 3 is 2.80 bits per heavy atom. The summed E-state index contributed by atoms with van der Waals surface area (Å²) in [7, 11) is 4.11. The molecule has 2 heterocycles. The van der Waals surface area contributed by atoms with Crippen molar-refractivity contribution < 1.29 is 9.53 Å². The largest absolute Gasteiger partial charge is 0.464 e. The van der Waals surface area contributed by atoms with Crippen LogP contribution in [0, 0.1) is 0 Å². The fraction of sp³-hybridized carbons (Fsp3) is 0.562. The first kappa shape index (κ1) is 13.4. The fourth-order valence-corrected chi connectivity index (χ4v) is 3.32. The highest BCUT2D eigenvalue weighted by molar-refractivity contribution is 5.77. The molecule has 0 aromatic heterocycles. The van der Waals surface area contributed by atoms with Crippen LogP contribution in [0.3, 0.4) is 0 Å². The van der Waals surface area contributed by atoms with Crippen molar-refractivity contribution >= 4 is 11.7 Å². The summed E-state index contributed by atoms with van der Waals surface area (Å²) in [6.45, 7) is 1.57. The van der Waals surface area contributed by atoms with Gasteiger partial charge in [-0.3, -0.25) is 9.69 Å². The SMILES string of the molecule is CN(C)c1cccc([C@H]2CCCN2[C@@H]2CCOC2=O)c1. The highest BCUT2D eigenvalue weighted by atomic mass is 16.5. The van der Waals surface area contributed by atoms with Crippen LogP contribution in [0.5, 0.6) is 0 Å². The van der Waals surface area contributed by atoms with Gasteiger partial charge in [0.2, 0.25) is 0 Å². The van der Waals surface area contributed by atoms with Crippen molar-refractivity contribution in [3.05, 3.63) is 29.8 Å². The summed E-state index contributed by atoms with van der Waals surface area (Å²) in [5.41, 5.74) is 2.52. The van der Waals surface area contributed by atoms with Crippen molar-refractivity contribution in [1.82, 2.24) is 4.90 Å². The van der Waals surface area contributed by atoms with Gasteiger partial charge in [-0.25, -0.2) is 0 Å². The number of cyclic esters (lactones) is 1. The Kier molecular flexibility index (Phi) is 3.66. The Labute approximate surface area is 120 Å². The topological polar surface area (TPSA) is 32.8 Å². The number of rotatable bonds is 3. The summed E-state index contributed by atoms with van der Waals surface area (Å²) in [6.07, 6.45) is 3.12. The number of nitrogens with zero attached hydrogens (tertiary/aromatic N) is 2. The van der Waals surface area contributed by atoms with Gasteiger partial charge in [0.15, 0.2) is 0 Å². The first-order valence-electron chi connectivity index (χ1n) is 7.36. The molecule has 0 aliphatic carbocycles. The molecule has 0 unspecified atom stereocenters. The van der Waals surface area contributed by atoms with Crippen LogP contribution in [0.25, 0.3) is 0 Å². The number of likely N-dealkylation sites (tertiary alicyclic amines) is 1.